The fraction of sp³-hybridized carbons (Fsp3) is 0.556. The molecule has 1 atom stereocenters. The van der Waals surface area contributed by atoms with Gasteiger partial charge < -0.3 is 20.2 Å². The van der Waals surface area contributed by atoms with E-state index in [4.69, 9.17) is 0 Å². The van der Waals surface area contributed by atoms with Crippen LogP contribution >= 0.6 is 0 Å². The Labute approximate surface area is 141 Å². The number of carbonyl (C=O) groups excluding carboxylic acids is 1. The molecule has 0 saturated carbocycles. The summed E-state index contributed by atoms with van der Waals surface area (Å²) in [6, 6.07) is 5.92. The van der Waals surface area contributed by atoms with Crippen molar-refractivity contribution in [2.24, 2.45) is 5.92 Å². The standard InChI is InChI=1S/C18H26N4O2/c1-19-11-14-5-3-9-22(12-14)17(23)6-2-4-13-7-8-15-16(10-13)21-18(24)20-15/h7-8,10,14,19H,2-6,9,11-12H2,1H3,(H2,20,21,24). The topological polar surface area (TPSA) is 81.0 Å². The first-order valence-corrected chi connectivity index (χ1v) is 8.79. The van der Waals surface area contributed by atoms with Gasteiger partial charge >= 0.3 is 5.69 Å². The number of H-pyrrole nitrogens is 2. The second-order valence-electron chi connectivity index (χ2n) is 6.72. The molecule has 1 unspecified atom stereocenters. The minimum absolute atomic E-state index is 0.182. The molecular weight excluding hydrogens is 304 g/mol. The molecule has 130 valence electrons. The smallest absolute Gasteiger partial charge is 0.323 e. The van der Waals surface area contributed by atoms with Crippen LogP contribution < -0.4 is 11.0 Å². The van der Waals surface area contributed by atoms with E-state index in [2.05, 4.69) is 15.3 Å². The van der Waals surface area contributed by atoms with Gasteiger partial charge in [-0.3, -0.25) is 4.79 Å². The molecule has 0 bridgehead atoms. The second kappa shape index (κ2) is 7.66. The molecule has 0 radical (unpaired) electrons. The minimum atomic E-state index is -0.182. The molecule has 2 aromatic rings. The molecule has 2 heterocycles. The summed E-state index contributed by atoms with van der Waals surface area (Å²) < 4.78 is 0. The lowest BCUT2D eigenvalue weighted by atomic mass is 9.97. The minimum Gasteiger partial charge on any atom is -0.342 e. The van der Waals surface area contributed by atoms with Gasteiger partial charge in [0.25, 0.3) is 0 Å². The average Bonchev–Trinajstić information content (AvgIpc) is 2.94. The number of amides is 1. The zero-order chi connectivity index (χ0) is 16.9. The fourth-order valence-electron chi connectivity index (χ4n) is 3.58. The summed E-state index contributed by atoms with van der Waals surface area (Å²) in [5.41, 5.74) is 2.62. The maximum absolute atomic E-state index is 12.4. The van der Waals surface area contributed by atoms with E-state index in [0.29, 0.717) is 12.3 Å². The number of aromatic amines is 2. The van der Waals surface area contributed by atoms with E-state index in [-0.39, 0.29) is 11.6 Å². The predicted octanol–water partition coefficient (Wildman–Crippen LogP) is 1.64. The van der Waals surface area contributed by atoms with Crippen molar-refractivity contribution in [1.82, 2.24) is 20.2 Å². The monoisotopic (exact) mass is 330 g/mol. The number of hydrogen-bond acceptors (Lipinski definition) is 3. The number of likely N-dealkylation sites (tertiary alicyclic amines) is 1. The Morgan fingerprint density at radius 2 is 2.17 bits per heavy atom. The van der Waals surface area contributed by atoms with Gasteiger partial charge in [0.05, 0.1) is 11.0 Å². The zero-order valence-electron chi connectivity index (χ0n) is 14.2. The third kappa shape index (κ3) is 4.06. The molecule has 1 amide bonds. The summed E-state index contributed by atoms with van der Waals surface area (Å²) in [7, 11) is 1.97. The van der Waals surface area contributed by atoms with Crippen LogP contribution in [0.5, 0.6) is 0 Å². The number of aryl methyl sites for hydroxylation is 1. The van der Waals surface area contributed by atoms with Gasteiger partial charge in [-0.1, -0.05) is 6.07 Å². The molecule has 0 spiro atoms. The Bertz CT molecular complexity index is 747. The van der Waals surface area contributed by atoms with Crippen LogP contribution in [0.25, 0.3) is 11.0 Å². The van der Waals surface area contributed by atoms with Crippen LogP contribution in [0.3, 0.4) is 0 Å². The highest BCUT2D eigenvalue weighted by Crippen LogP contribution is 2.18. The molecule has 6 nitrogen and oxygen atoms in total. The lowest BCUT2D eigenvalue weighted by Gasteiger charge is -2.32. The van der Waals surface area contributed by atoms with Gasteiger partial charge in [-0.05, 0) is 62.9 Å². The van der Waals surface area contributed by atoms with Crippen LogP contribution in [0.15, 0.2) is 23.0 Å². The molecule has 3 N–H and O–H groups in total. The molecule has 1 saturated heterocycles. The van der Waals surface area contributed by atoms with Crippen molar-refractivity contribution < 1.29 is 4.79 Å². The van der Waals surface area contributed by atoms with E-state index in [1.54, 1.807) is 0 Å². The van der Waals surface area contributed by atoms with Crippen molar-refractivity contribution in [1.29, 1.82) is 0 Å². The van der Waals surface area contributed by atoms with Gasteiger partial charge in [-0.2, -0.15) is 0 Å². The average molecular weight is 330 g/mol. The summed E-state index contributed by atoms with van der Waals surface area (Å²) in [4.78, 5) is 31.2. The molecular formula is C18H26N4O2. The number of nitrogens with one attached hydrogen (secondary N) is 3. The van der Waals surface area contributed by atoms with Crippen LogP contribution in [-0.2, 0) is 11.2 Å². The van der Waals surface area contributed by atoms with Crippen LogP contribution in [0.1, 0.15) is 31.2 Å². The van der Waals surface area contributed by atoms with Crippen molar-refractivity contribution in [2.45, 2.75) is 32.1 Å². The summed E-state index contributed by atoms with van der Waals surface area (Å²) in [5.74, 6) is 0.854. The molecule has 1 aromatic carbocycles. The lowest BCUT2D eigenvalue weighted by molar-refractivity contribution is -0.133. The van der Waals surface area contributed by atoms with Gasteiger partial charge in [0, 0.05) is 19.5 Å². The predicted molar refractivity (Wildman–Crippen MR) is 95.1 cm³/mol. The third-order valence-corrected chi connectivity index (χ3v) is 4.80. The first-order valence-electron chi connectivity index (χ1n) is 8.79. The van der Waals surface area contributed by atoms with Crippen molar-refractivity contribution >= 4 is 16.9 Å². The zero-order valence-corrected chi connectivity index (χ0v) is 14.2. The number of nitrogens with zero attached hydrogens (tertiary/aromatic N) is 1. The summed E-state index contributed by atoms with van der Waals surface area (Å²) in [6.45, 7) is 2.77. The van der Waals surface area contributed by atoms with Crippen LogP contribution in [0.4, 0.5) is 0 Å². The molecule has 1 aliphatic heterocycles. The molecule has 6 heteroatoms. The summed E-state index contributed by atoms with van der Waals surface area (Å²) in [5, 5.41) is 3.21. The Hall–Kier alpha value is -2.08. The molecule has 1 aliphatic rings. The SMILES string of the molecule is CNCC1CCCN(C(=O)CCCc2ccc3[nH]c(=O)[nH]c3c2)C1. The quantitative estimate of drug-likeness (QED) is 0.753. The summed E-state index contributed by atoms with van der Waals surface area (Å²) in [6.07, 6.45) is 4.60. The fourth-order valence-corrected chi connectivity index (χ4v) is 3.58. The number of hydrogen-bond donors (Lipinski definition) is 3. The second-order valence-corrected chi connectivity index (χ2v) is 6.72. The van der Waals surface area contributed by atoms with E-state index in [1.165, 1.54) is 6.42 Å². The Kier molecular flexibility index (Phi) is 5.35. The van der Waals surface area contributed by atoms with E-state index < -0.39 is 0 Å². The van der Waals surface area contributed by atoms with E-state index in [1.807, 2.05) is 30.1 Å². The van der Waals surface area contributed by atoms with Crippen LogP contribution in [-0.4, -0.2) is 47.5 Å². The largest absolute Gasteiger partial charge is 0.342 e. The number of carbonyl (C=O) groups is 1. The van der Waals surface area contributed by atoms with Gasteiger partial charge in [0.15, 0.2) is 0 Å². The highest BCUT2D eigenvalue weighted by atomic mass is 16.2. The third-order valence-electron chi connectivity index (χ3n) is 4.80. The number of benzene rings is 1. The first kappa shape index (κ1) is 16.8. The first-order chi connectivity index (χ1) is 11.7. The van der Waals surface area contributed by atoms with Crippen molar-refractivity contribution in [3.8, 4) is 0 Å². The summed E-state index contributed by atoms with van der Waals surface area (Å²) >= 11 is 0. The highest BCUT2D eigenvalue weighted by molar-refractivity contribution is 5.76. The number of piperidine rings is 1. The Morgan fingerprint density at radius 1 is 1.33 bits per heavy atom. The Morgan fingerprint density at radius 3 is 3.00 bits per heavy atom. The van der Waals surface area contributed by atoms with E-state index >= 15 is 0 Å². The molecule has 24 heavy (non-hydrogen) atoms. The number of imidazole rings is 1. The molecule has 3 rings (SSSR count). The Balaban J connectivity index is 1.49. The molecule has 0 aliphatic carbocycles. The molecule has 1 aromatic heterocycles. The van der Waals surface area contributed by atoms with Crippen molar-refractivity contribution in [3.05, 3.63) is 34.2 Å². The normalized spacial score (nSPS) is 18.2. The van der Waals surface area contributed by atoms with Crippen molar-refractivity contribution in [2.75, 3.05) is 26.7 Å². The van der Waals surface area contributed by atoms with Gasteiger partial charge in [-0.25, -0.2) is 4.79 Å². The van der Waals surface area contributed by atoms with Gasteiger partial charge in [0.2, 0.25) is 5.91 Å². The number of fused-ring (bicyclic) bond motifs is 1. The van der Waals surface area contributed by atoms with Gasteiger partial charge in [0.1, 0.15) is 0 Å². The number of rotatable bonds is 6. The molecule has 1 fully saturated rings. The lowest BCUT2D eigenvalue weighted by Crippen LogP contribution is -2.42. The van der Waals surface area contributed by atoms with Crippen molar-refractivity contribution in [3.63, 3.8) is 0 Å². The van der Waals surface area contributed by atoms with E-state index in [0.717, 1.165) is 55.5 Å². The van der Waals surface area contributed by atoms with E-state index in [9.17, 15) is 9.59 Å². The van der Waals surface area contributed by atoms with Crippen LogP contribution in [0.2, 0.25) is 0 Å². The number of aromatic nitrogens is 2. The maximum atomic E-state index is 12.4. The van der Waals surface area contributed by atoms with Crippen LogP contribution in [0, 0.1) is 5.92 Å². The highest BCUT2D eigenvalue weighted by Gasteiger charge is 2.22. The van der Waals surface area contributed by atoms with Gasteiger partial charge in [-0.15, -0.1) is 0 Å². The maximum Gasteiger partial charge on any atom is 0.323 e.